The minimum Gasteiger partial charge on any atom is -0.493 e. The van der Waals surface area contributed by atoms with Gasteiger partial charge in [-0.05, 0) is 35.9 Å². The topological polar surface area (TPSA) is 89.0 Å². The number of furan rings is 1. The molecule has 160 valence electrons. The molecule has 0 spiro atoms. The summed E-state index contributed by atoms with van der Waals surface area (Å²) >= 11 is 0. The Balaban J connectivity index is 1.80. The second-order valence-corrected chi connectivity index (χ2v) is 6.76. The van der Waals surface area contributed by atoms with Crippen LogP contribution in [0.15, 0.2) is 59.1 Å². The molecular formula is C24H24N2O5. The molecule has 2 heterocycles. The van der Waals surface area contributed by atoms with Crippen LogP contribution in [0.4, 0.5) is 0 Å². The largest absolute Gasteiger partial charge is 0.493 e. The van der Waals surface area contributed by atoms with Crippen LogP contribution in [0.2, 0.25) is 0 Å². The average molecular weight is 420 g/mol. The monoisotopic (exact) mass is 420 g/mol. The number of benzene rings is 2. The average Bonchev–Trinajstić information content (AvgIpc) is 3.26. The molecule has 0 atom stereocenters. The van der Waals surface area contributed by atoms with E-state index in [9.17, 15) is 0 Å². The fourth-order valence-electron chi connectivity index (χ4n) is 3.46. The predicted octanol–water partition coefficient (Wildman–Crippen LogP) is 4.53. The summed E-state index contributed by atoms with van der Waals surface area (Å²) in [7, 11) is 4.74. The second kappa shape index (κ2) is 8.97. The number of nitrogens with zero attached hydrogens (tertiary/aromatic N) is 1. The van der Waals surface area contributed by atoms with Crippen molar-refractivity contribution in [2.24, 2.45) is 5.73 Å². The van der Waals surface area contributed by atoms with Crippen LogP contribution in [0.25, 0.3) is 33.6 Å². The lowest BCUT2D eigenvalue weighted by atomic mass is 10.1. The summed E-state index contributed by atoms with van der Waals surface area (Å²) in [5.74, 6) is 3.03. The van der Waals surface area contributed by atoms with Gasteiger partial charge in [-0.1, -0.05) is 12.1 Å². The van der Waals surface area contributed by atoms with Gasteiger partial charge in [-0.15, -0.1) is 0 Å². The summed E-state index contributed by atoms with van der Waals surface area (Å²) in [5.41, 5.74) is 9.65. The fourth-order valence-corrected chi connectivity index (χ4v) is 3.46. The van der Waals surface area contributed by atoms with E-state index in [0.717, 1.165) is 28.0 Å². The summed E-state index contributed by atoms with van der Waals surface area (Å²) in [6.45, 7) is 0.918. The lowest BCUT2D eigenvalue weighted by molar-refractivity contribution is 0.324. The number of nitrogens with two attached hydrogens (primary N) is 1. The van der Waals surface area contributed by atoms with Crippen LogP contribution in [0.5, 0.6) is 23.0 Å². The van der Waals surface area contributed by atoms with Crippen molar-refractivity contribution < 1.29 is 23.4 Å². The van der Waals surface area contributed by atoms with Gasteiger partial charge in [0.05, 0.1) is 21.3 Å². The van der Waals surface area contributed by atoms with E-state index in [1.165, 1.54) is 0 Å². The van der Waals surface area contributed by atoms with Crippen LogP contribution in [-0.4, -0.2) is 39.5 Å². The normalized spacial score (nSPS) is 10.8. The first kappa shape index (κ1) is 20.6. The Labute approximate surface area is 180 Å². The molecule has 7 nitrogen and oxygen atoms in total. The van der Waals surface area contributed by atoms with E-state index in [0.29, 0.717) is 41.7 Å². The first-order valence-corrected chi connectivity index (χ1v) is 9.80. The highest BCUT2D eigenvalue weighted by atomic mass is 16.5. The molecule has 0 unspecified atom stereocenters. The molecule has 0 aliphatic heterocycles. The Kier molecular flexibility index (Phi) is 5.95. The van der Waals surface area contributed by atoms with E-state index >= 15 is 0 Å². The first-order valence-electron chi connectivity index (χ1n) is 9.80. The third kappa shape index (κ3) is 4.00. The maximum absolute atomic E-state index is 6.26. The molecule has 2 aromatic carbocycles. The summed E-state index contributed by atoms with van der Waals surface area (Å²) < 4.78 is 28.3. The van der Waals surface area contributed by atoms with E-state index in [2.05, 4.69) is 4.98 Å². The minimum absolute atomic E-state index is 0.458. The summed E-state index contributed by atoms with van der Waals surface area (Å²) in [6, 6.07) is 15.3. The highest BCUT2D eigenvalue weighted by Gasteiger charge is 2.18. The van der Waals surface area contributed by atoms with Gasteiger partial charge >= 0.3 is 0 Å². The molecule has 0 fully saturated rings. The maximum atomic E-state index is 6.26. The zero-order valence-electron chi connectivity index (χ0n) is 17.7. The fraction of sp³-hybridized carbons (Fsp3) is 0.208. The van der Waals surface area contributed by atoms with Gasteiger partial charge < -0.3 is 29.1 Å². The van der Waals surface area contributed by atoms with Gasteiger partial charge in [0.25, 0.3) is 0 Å². The van der Waals surface area contributed by atoms with E-state index < -0.39 is 0 Å². The van der Waals surface area contributed by atoms with E-state index in [4.69, 9.17) is 29.1 Å². The lowest BCUT2D eigenvalue weighted by Crippen LogP contribution is -2.10. The highest BCUT2D eigenvalue weighted by Crippen LogP contribution is 2.43. The van der Waals surface area contributed by atoms with Gasteiger partial charge in [-0.25, -0.2) is 0 Å². The van der Waals surface area contributed by atoms with Crippen molar-refractivity contribution in [2.75, 3.05) is 34.5 Å². The molecule has 0 saturated heterocycles. The van der Waals surface area contributed by atoms with Gasteiger partial charge in [0.15, 0.2) is 17.1 Å². The number of hydrogen-bond donors (Lipinski definition) is 1. The Hall–Kier alpha value is -3.71. The molecule has 0 saturated carbocycles. The highest BCUT2D eigenvalue weighted by molar-refractivity contribution is 5.92. The quantitative estimate of drug-likeness (QED) is 0.448. The van der Waals surface area contributed by atoms with Crippen molar-refractivity contribution in [1.29, 1.82) is 0 Å². The standard InChI is InChI=1S/C24H24N2O5/c1-27-21-12-16(13-22(28-2)24(21)29-3)20-14-19-23(31-20)18(7-9-26-19)15-5-4-6-17(11-15)30-10-8-25/h4-7,9,11-14H,8,10,25H2,1-3H3. The Bertz CT molecular complexity index is 1180. The van der Waals surface area contributed by atoms with Crippen molar-refractivity contribution in [3.8, 4) is 45.4 Å². The molecule has 4 aromatic rings. The molecule has 2 aromatic heterocycles. The first-order chi connectivity index (χ1) is 15.2. The number of rotatable bonds is 8. The SMILES string of the molecule is COc1cc(-c2cc3nccc(-c4cccc(OCCN)c4)c3o2)cc(OC)c1OC. The third-order valence-electron chi connectivity index (χ3n) is 4.89. The van der Waals surface area contributed by atoms with Crippen molar-refractivity contribution in [3.05, 3.63) is 54.7 Å². The van der Waals surface area contributed by atoms with Gasteiger partial charge in [-0.3, -0.25) is 4.98 Å². The Morgan fingerprint density at radius 3 is 2.35 bits per heavy atom. The zero-order valence-corrected chi connectivity index (χ0v) is 17.7. The van der Waals surface area contributed by atoms with E-state index in [-0.39, 0.29) is 0 Å². The molecule has 2 N–H and O–H groups in total. The van der Waals surface area contributed by atoms with Gasteiger partial charge in [0, 0.05) is 29.9 Å². The zero-order chi connectivity index (χ0) is 21.8. The van der Waals surface area contributed by atoms with Crippen LogP contribution in [-0.2, 0) is 0 Å². The molecule has 0 aliphatic rings. The van der Waals surface area contributed by atoms with E-state index in [1.54, 1.807) is 27.5 Å². The number of pyridine rings is 1. The summed E-state index contributed by atoms with van der Waals surface area (Å²) in [4.78, 5) is 4.48. The van der Waals surface area contributed by atoms with Crippen LogP contribution >= 0.6 is 0 Å². The maximum Gasteiger partial charge on any atom is 0.203 e. The van der Waals surface area contributed by atoms with E-state index in [1.807, 2.05) is 48.5 Å². The van der Waals surface area contributed by atoms with Gasteiger partial charge in [-0.2, -0.15) is 0 Å². The van der Waals surface area contributed by atoms with Crippen LogP contribution in [0.1, 0.15) is 0 Å². The molecule has 4 rings (SSSR count). The van der Waals surface area contributed by atoms with Crippen molar-refractivity contribution in [1.82, 2.24) is 4.98 Å². The van der Waals surface area contributed by atoms with Crippen LogP contribution in [0.3, 0.4) is 0 Å². The number of fused-ring (bicyclic) bond motifs is 1. The molecular weight excluding hydrogens is 396 g/mol. The van der Waals surface area contributed by atoms with Gasteiger partial charge in [0.1, 0.15) is 23.6 Å². The molecule has 0 radical (unpaired) electrons. The summed E-state index contributed by atoms with van der Waals surface area (Å²) in [5, 5.41) is 0. The molecule has 0 amide bonds. The van der Waals surface area contributed by atoms with Crippen LogP contribution < -0.4 is 24.7 Å². The number of hydrogen-bond acceptors (Lipinski definition) is 7. The van der Waals surface area contributed by atoms with Crippen molar-refractivity contribution in [3.63, 3.8) is 0 Å². The molecule has 31 heavy (non-hydrogen) atoms. The number of methoxy groups -OCH3 is 3. The Morgan fingerprint density at radius 2 is 1.68 bits per heavy atom. The summed E-state index contributed by atoms with van der Waals surface area (Å²) in [6.07, 6.45) is 1.76. The minimum atomic E-state index is 0.458. The number of aromatic nitrogens is 1. The third-order valence-corrected chi connectivity index (χ3v) is 4.89. The molecule has 0 aliphatic carbocycles. The van der Waals surface area contributed by atoms with Crippen molar-refractivity contribution >= 4 is 11.1 Å². The second-order valence-electron chi connectivity index (χ2n) is 6.76. The van der Waals surface area contributed by atoms with Crippen molar-refractivity contribution in [2.45, 2.75) is 0 Å². The molecule has 0 bridgehead atoms. The van der Waals surface area contributed by atoms with Gasteiger partial charge in [0.2, 0.25) is 5.75 Å². The number of ether oxygens (including phenoxy) is 4. The predicted molar refractivity (Wildman–Crippen MR) is 119 cm³/mol. The Morgan fingerprint density at radius 1 is 0.903 bits per heavy atom. The van der Waals surface area contributed by atoms with Crippen LogP contribution in [0, 0.1) is 0 Å². The smallest absolute Gasteiger partial charge is 0.203 e. The molecule has 7 heteroatoms. The lowest BCUT2D eigenvalue weighted by Gasteiger charge is -2.13.